The van der Waals surface area contributed by atoms with E-state index in [1.807, 2.05) is 6.07 Å². The van der Waals surface area contributed by atoms with Crippen molar-refractivity contribution in [2.24, 2.45) is 0 Å². The summed E-state index contributed by atoms with van der Waals surface area (Å²) in [5.41, 5.74) is 2.64. The van der Waals surface area contributed by atoms with E-state index in [9.17, 15) is 0 Å². The summed E-state index contributed by atoms with van der Waals surface area (Å²) in [6.45, 7) is 0. The van der Waals surface area contributed by atoms with Gasteiger partial charge in [0, 0.05) is 0 Å². The second kappa shape index (κ2) is 4.71. The van der Waals surface area contributed by atoms with Gasteiger partial charge in [0.15, 0.2) is 0 Å². The van der Waals surface area contributed by atoms with Crippen LogP contribution in [0.15, 0.2) is 24.3 Å². The first-order valence-corrected chi connectivity index (χ1v) is 6.39. The molecule has 2 aromatic rings. The number of hydrogen-bond donors (Lipinski definition) is 1. The molecule has 0 bridgehead atoms. The Morgan fingerprint density at radius 1 is 1.06 bits per heavy atom. The van der Waals surface area contributed by atoms with Crippen LogP contribution in [-0.4, -0.2) is 15.0 Å². The lowest BCUT2D eigenvalue weighted by Gasteiger charge is -2.13. The van der Waals surface area contributed by atoms with Crippen LogP contribution in [0.4, 0.5) is 5.95 Å². The molecular formula is C12H10Cl2N4. The maximum Gasteiger partial charge on any atom is 0.228 e. The summed E-state index contributed by atoms with van der Waals surface area (Å²) < 4.78 is 0. The zero-order valence-electron chi connectivity index (χ0n) is 9.40. The Balaban J connectivity index is 1.86. The molecule has 0 saturated heterocycles. The maximum atomic E-state index is 5.75. The van der Waals surface area contributed by atoms with Crippen LogP contribution in [0.2, 0.25) is 10.6 Å². The molecule has 1 aliphatic carbocycles. The largest absolute Gasteiger partial charge is 0.347 e. The molecule has 0 amide bonds. The molecule has 1 N–H and O–H groups in total. The Morgan fingerprint density at radius 3 is 2.56 bits per heavy atom. The van der Waals surface area contributed by atoms with Crippen molar-refractivity contribution < 1.29 is 0 Å². The Morgan fingerprint density at radius 2 is 1.78 bits per heavy atom. The van der Waals surface area contributed by atoms with E-state index in [1.165, 1.54) is 11.1 Å². The summed E-state index contributed by atoms with van der Waals surface area (Å²) in [5, 5.41) is 3.45. The van der Waals surface area contributed by atoms with Crippen molar-refractivity contribution in [2.75, 3.05) is 5.32 Å². The second-order valence-corrected chi connectivity index (χ2v) is 4.81. The molecule has 0 spiro atoms. The molecule has 1 heterocycles. The van der Waals surface area contributed by atoms with Gasteiger partial charge < -0.3 is 5.32 Å². The molecule has 6 heteroatoms. The van der Waals surface area contributed by atoms with Crippen LogP contribution in [0.1, 0.15) is 23.6 Å². The number of nitrogens with zero attached hydrogens (tertiary/aromatic N) is 3. The summed E-state index contributed by atoms with van der Waals surface area (Å²) in [4.78, 5) is 11.8. The standard InChI is InChI=1S/C12H10Cl2N4/c13-10-16-11(14)18-12(17-10)15-9-6-5-7-3-1-2-4-8(7)9/h1-4,9H,5-6H2,(H,15,16,17,18). The normalized spacial score (nSPS) is 17.6. The van der Waals surface area contributed by atoms with E-state index >= 15 is 0 Å². The fourth-order valence-electron chi connectivity index (χ4n) is 2.25. The molecule has 0 saturated carbocycles. The predicted octanol–water partition coefficient (Wildman–Crippen LogP) is 3.28. The first-order valence-electron chi connectivity index (χ1n) is 5.64. The Labute approximate surface area is 114 Å². The van der Waals surface area contributed by atoms with Gasteiger partial charge in [-0.1, -0.05) is 24.3 Å². The molecule has 3 rings (SSSR count). The number of hydrogen-bond acceptors (Lipinski definition) is 4. The summed E-state index contributed by atoms with van der Waals surface area (Å²) in [6.07, 6.45) is 2.07. The van der Waals surface area contributed by atoms with Crippen molar-refractivity contribution in [3.63, 3.8) is 0 Å². The van der Waals surface area contributed by atoms with E-state index in [0.29, 0.717) is 5.95 Å². The molecular weight excluding hydrogens is 271 g/mol. The lowest BCUT2D eigenvalue weighted by molar-refractivity contribution is 0.749. The van der Waals surface area contributed by atoms with Gasteiger partial charge in [0.2, 0.25) is 16.5 Å². The van der Waals surface area contributed by atoms with E-state index in [4.69, 9.17) is 23.2 Å². The van der Waals surface area contributed by atoms with Gasteiger partial charge in [-0.2, -0.15) is 15.0 Å². The number of nitrogens with one attached hydrogen (secondary N) is 1. The number of rotatable bonds is 2. The summed E-state index contributed by atoms with van der Waals surface area (Å²) in [7, 11) is 0. The van der Waals surface area contributed by atoms with Crippen LogP contribution >= 0.6 is 23.2 Å². The van der Waals surface area contributed by atoms with Gasteiger partial charge in [-0.3, -0.25) is 0 Å². The zero-order chi connectivity index (χ0) is 12.5. The fourth-order valence-corrected chi connectivity index (χ4v) is 2.62. The smallest absolute Gasteiger partial charge is 0.228 e. The third-order valence-corrected chi connectivity index (χ3v) is 3.36. The van der Waals surface area contributed by atoms with Crippen LogP contribution in [0, 0.1) is 0 Å². The third-order valence-electron chi connectivity index (χ3n) is 3.02. The molecule has 1 aromatic carbocycles. The second-order valence-electron chi connectivity index (χ2n) is 4.13. The molecule has 1 aliphatic rings. The van der Waals surface area contributed by atoms with Crippen molar-refractivity contribution in [3.8, 4) is 0 Å². The molecule has 4 nitrogen and oxygen atoms in total. The molecule has 1 atom stereocenters. The minimum absolute atomic E-state index is 0.101. The van der Waals surface area contributed by atoms with Gasteiger partial charge in [0.1, 0.15) is 0 Å². The van der Waals surface area contributed by atoms with Crippen LogP contribution < -0.4 is 5.32 Å². The van der Waals surface area contributed by atoms with Gasteiger partial charge in [0.05, 0.1) is 6.04 Å². The third kappa shape index (κ3) is 2.26. The van der Waals surface area contributed by atoms with Crippen LogP contribution in [0.5, 0.6) is 0 Å². The number of aromatic nitrogens is 3. The first kappa shape index (κ1) is 11.7. The summed E-state index contributed by atoms with van der Waals surface area (Å²) in [5.74, 6) is 0.418. The highest BCUT2D eigenvalue weighted by atomic mass is 35.5. The van der Waals surface area contributed by atoms with Gasteiger partial charge >= 0.3 is 0 Å². The topological polar surface area (TPSA) is 50.7 Å². The van der Waals surface area contributed by atoms with E-state index in [1.54, 1.807) is 0 Å². The van der Waals surface area contributed by atoms with Crippen LogP contribution in [0.25, 0.3) is 0 Å². The van der Waals surface area contributed by atoms with Crippen molar-refractivity contribution >= 4 is 29.2 Å². The average Bonchev–Trinajstić information content (AvgIpc) is 2.72. The molecule has 1 unspecified atom stereocenters. The molecule has 1 aromatic heterocycles. The lowest BCUT2D eigenvalue weighted by Crippen LogP contribution is -2.10. The van der Waals surface area contributed by atoms with E-state index in [2.05, 4.69) is 38.5 Å². The van der Waals surface area contributed by atoms with Gasteiger partial charge in [-0.15, -0.1) is 0 Å². The molecule has 0 aliphatic heterocycles. The number of aryl methyl sites for hydroxylation is 1. The van der Waals surface area contributed by atoms with Gasteiger partial charge in [-0.25, -0.2) is 0 Å². The summed E-state index contributed by atoms with van der Waals surface area (Å²) in [6, 6.07) is 8.55. The highest BCUT2D eigenvalue weighted by molar-refractivity contribution is 6.31. The Kier molecular flexibility index (Phi) is 3.06. The average molecular weight is 281 g/mol. The Bertz CT molecular complexity index is 568. The number of benzene rings is 1. The quantitative estimate of drug-likeness (QED) is 0.917. The maximum absolute atomic E-state index is 5.75. The number of fused-ring (bicyclic) bond motifs is 1. The van der Waals surface area contributed by atoms with Crippen LogP contribution in [-0.2, 0) is 6.42 Å². The number of anilines is 1. The monoisotopic (exact) mass is 280 g/mol. The van der Waals surface area contributed by atoms with E-state index < -0.39 is 0 Å². The predicted molar refractivity (Wildman–Crippen MR) is 71.0 cm³/mol. The van der Waals surface area contributed by atoms with Crippen molar-refractivity contribution in [3.05, 3.63) is 46.0 Å². The highest BCUT2D eigenvalue weighted by Crippen LogP contribution is 2.32. The van der Waals surface area contributed by atoms with E-state index in [0.717, 1.165) is 12.8 Å². The fraction of sp³-hybridized carbons (Fsp3) is 0.250. The SMILES string of the molecule is Clc1nc(Cl)nc(NC2CCc3ccccc32)n1. The Hall–Kier alpha value is -1.39. The minimum atomic E-state index is 0.101. The van der Waals surface area contributed by atoms with Gasteiger partial charge in [0.25, 0.3) is 0 Å². The lowest BCUT2D eigenvalue weighted by atomic mass is 10.1. The van der Waals surface area contributed by atoms with Crippen molar-refractivity contribution in [2.45, 2.75) is 18.9 Å². The number of halogens is 2. The van der Waals surface area contributed by atoms with Crippen LogP contribution in [0.3, 0.4) is 0 Å². The zero-order valence-corrected chi connectivity index (χ0v) is 10.9. The molecule has 0 radical (unpaired) electrons. The highest BCUT2D eigenvalue weighted by Gasteiger charge is 2.22. The van der Waals surface area contributed by atoms with E-state index in [-0.39, 0.29) is 16.6 Å². The molecule has 0 fully saturated rings. The molecule has 92 valence electrons. The minimum Gasteiger partial charge on any atom is -0.347 e. The first-order chi connectivity index (χ1) is 8.72. The van der Waals surface area contributed by atoms with Crippen molar-refractivity contribution in [1.82, 2.24) is 15.0 Å². The molecule has 18 heavy (non-hydrogen) atoms. The van der Waals surface area contributed by atoms with Crippen molar-refractivity contribution in [1.29, 1.82) is 0 Å². The van der Waals surface area contributed by atoms with Gasteiger partial charge in [-0.05, 0) is 47.2 Å². The summed E-state index contributed by atoms with van der Waals surface area (Å²) >= 11 is 11.5.